The number of carbonyl (C=O) groups is 1. The number of halogens is 1. The first kappa shape index (κ1) is 15.0. The lowest BCUT2D eigenvalue weighted by molar-refractivity contribution is -0.137. The van der Waals surface area contributed by atoms with Gasteiger partial charge in [0.25, 0.3) is 0 Å². The molecule has 0 heterocycles. The van der Waals surface area contributed by atoms with E-state index in [4.69, 9.17) is 26.2 Å². The van der Waals surface area contributed by atoms with Crippen molar-refractivity contribution >= 4 is 17.6 Å². The maximum absolute atomic E-state index is 11.2. The van der Waals surface area contributed by atoms with Crippen LogP contribution in [0.1, 0.15) is 36.3 Å². The predicted octanol–water partition coefficient (Wildman–Crippen LogP) is 3.63. The molecule has 0 aromatic heterocycles. The highest BCUT2D eigenvalue weighted by Crippen LogP contribution is 2.51. The second-order valence-corrected chi connectivity index (χ2v) is 5.58. The molecule has 0 aliphatic heterocycles. The van der Waals surface area contributed by atoms with Gasteiger partial charge in [-0.15, -0.1) is 0 Å². The van der Waals surface area contributed by atoms with Crippen molar-refractivity contribution < 1.29 is 19.4 Å². The Kier molecular flexibility index (Phi) is 4.43. The first-order chi connectivity index (χ1) is 9.49. The maximum atomic E-state index is 11.2. The monoisotopic (exact) mass is 298 g/mol. The molecule has 4 nitrogen and oxygen atoms in total. The summed E-state index contributed by atoms with van der Waals surface area (Å²) in [6.07, 6.45) is 2.19. The molecular weight excluding hydrogens is 280 g/mol. The molecule has 1 fully saturated rings. The highest BCUT2D eigenvalue weighted by molar-refractivity contribution is 6.31. The van der Waals surface area contributed by atoms with Gasteiger partial charge in [0.2, 0.25) is 0 Å². The minimum absolute atomic E-state index is 0.0740. The average molecular weight is 299 g/mol. The third-order valence-electron chi connectivity index (χ3n) is 3.87. The van der Waals surface area contributed by atoms with E-state index in [-0.39, 0.29) is 12.3 Å². The molecule has 0 radical (unpaired) electrons. The van der Waals surface area contributed by atoms with Crippen LogP contribution in [-0.4, -0.2) is 25.3 Å². The molecule has 110 valence electrons. The molecule has 1 unspecified atom stereocenters. The third-order valence-corrected chi connectivity index (χ3v) is 4.26. The molecule has 0 amide bonds. The van der Waals surface area contributed by atoms with Crippen LogP contribution in [0.4, 0.5) is 0 Å². The summed E-state index contributed by atoms with van der Waals surface area (Å²) in [5, 5.41) is 9.74. The predicted molar refractivity (Wildman–Crippen MR) is 77.0 cm³/mol. The van der Waals surface area contributed by atoms with Crippen molar-refractivity contribution in [1.82, 2.24) is 0 Å². The maximum Gasteiger partial charge on any atom is 0.303 e. The number of hydrogen-bond donors (Lipinski definition) is 1. The van der Waals surface area contributed by atoms with Crippen molar-refractivity contribution in [2.45, 2.75) is 32.1 Å². The number of hydrogen-bond acceptors (Lipinski definition) is 3. The van der Waals surface area contributed by atoms with E-state index in [0.29, 0.717) is 22.4 Å². The zero-order valence-electron chi connectivity index (χ0n) is 11.9. The van der Waals surface area contributed by atoms with Crippen LogP contribution in [0, 0.1) is 12.8 Å². The van der Waals surface area contributed by atoms with Crippen molar-refractivity contribution in [1.29, 1.82) is 0 Å². The Balaban J connectivity index is 2.56. The summed E-state index contributed by atoms with van der Waals surface area (Å²) in [5.41, 5.74) is 1.75. The van der Waals surface area contributed by atoms with Crippen molar-refractivity contribution in [2.75, 3.05) is 14.2 Å². The van der Waals surface area contributed by atoms with Crippen molar-refractivity contribution in [3.8, 4) is 11.5 Å². The smallest absolute Gasteiger partial charge is 0.303 e. The number of aliphatic carboxylic acids is 1. The SMILES string of the molecule is COc1cc(Cl)c(C)c(C(CC(=O)O)C2CC2)c1OC. The van der Waals surface area contributed by atoms with E-state index in [2.05, 4.69) is 0 Å². The summed E-state index contributed by atoms with van der Waals surface area (Å²) in [6.45, 7) is 1.90. The van der Waals surface area contributed by atoms with E-state index >= 15 is 0 Å². The Labute approximate surface area is 123 Å². The van der Waals surface area contributed by atoms with Crippen LogP contribution in [0.5, 0.6) is 11.5 Å². The fraction of sp³-hybridized carbons (Fsp3) is 0.533. The normalized spacial score (nSPS) is 15.8. The van der Waals surface area contributed by atoms with E-state index in [0.717, 1.165) is 24.0 Å². The highest BCUT2D eigenvalue weighted by atomic mass is 35.5. The van der Waals surface area contributed by atoms with E-state index < -0.39 is 5.97 Å². The van der Waals surface area contributed by atoms with E-state index in [1.807, 2.05) is 6.92 Å². The molecular formula is C15H19ClO4. The summed E-state index contributed by atoms with van der Waals surface area (Å²) >= 11 is 6.25. The van der Waals surface area contributed by atoms with E-state index in [9.17, 15) is 4.79 Å². The standard InChI is InChI=1S/C15H19ClO4/c1-8-11(16)7-12(19-2)15(20-3)14(8)10(6-13(17)18)9-4-5-9/h7,9-10H,4-6H2,1-3H3,(H,17,18). The Morgan fingerprint density at radius 3 is 2.55 bits per heavy atom. The van der Waals surface area contributed by atoms with Crippen molar-refractivity contribution in [2.24, 2.45) is 5.92 Å². The first-order valence-electron chi connectivity index (χ1n) is 6.62. The van der Waals surface area contributed by atoms with Crippen LogP contribution in [0.25, 0.3) is 0 Å². The summed E-state index contributed by atoms with van der Waals surface area (Å²) in [7, 11) is 3.12. The van der Waals surface area contributed by atoms with Crippen molar-refractivity contribution in [3.05, 3.63) is 22.2 Å². The second kappa shape index (κ2) is 5.92. The molecule has 1 atom stereocenters. The Morgan fingerprint density at radius 2 is 2.10 bits per heavy atom. The second-order valence-electron chi connectivity index (χ2n) is 5.17. The molecule has 1 aliphatic carbocycles. The topological polar surface area (TPSA) is 55.8 Å². The van der Waals surface area contributed by atoms with Gasteiger partial charge in [0.05, 0.1) is 20.6 Å². The number of carboxylic acid groups (broad SMARTS) is 1. The molecule has 0 spiro atoms. The third kappa shape index (κ3) is 2.85. The number of carboxylic acids is 1. The molecule has 1 aliphatic rings. The zero-order chi connectivity index (χ0) is 14.9. The number of benzene rings is 1. The van der Waals surface area contributed by atoms with Gasteiger partial charge >= 0.3 is 5.97 Å². The quantitative estimate of drug-likeness (QED) is 0.871. The lowest BCUT2D eigenvalue weighted by Crippen LogP contribution is -2.12. The van der Waals surface area contributed by atoms with E-state index in [1.54, 1.807) is 20.3 Å². The van der Waals surface area contributed by atoms with Gasteiger partial charge < -0.3 is 14.6 Å². The van der Waals surface area contributed by atoms with Gasteiger partial charge in [0.15, 0.2) is 11.5 Å². The summed E-state index contributed by atoms with van der Waals surface area (Å²) in [5.74, 6) is 0.668. The van der Waals surface area contributed by atoms with Crippen LogP contribution in [0.15, 0.2) is 6.07 Å². The summed E-state index contributed by atoms with van der Waals surface area (Å²) in [4.78, 5) is 11.2. The number of methoxy groups -OCH3 is 2. The largest absolute Gasteiger partial charge is 0.493 e. The molecule has 20 heavy (non-hydrogen) atoms. The minimum Gasteiger partial charge on any atom is -0.493 e. The van der Waals surface area contributed by atoms with Gasteiger partial charge in [-0.1, -0.05) is 11.6 Å². The van der Waals surface area contributed by atoms with Crippen LogP contribution in [-0.2, 0) is 4.79 Å². The molecule has 1 aromatic carbocycles. The Hall–Kier alpha value is -1.42. The lowest BCUT2D eigenvalue weighted by atomic mass is 9.87. The average Bonchev–Trinajstić information content (AvgIpc) is 3.22. The van der Waals surface area contributed by atoms with Gasteiger partial charge in [-0.05, 0) is 31.2 Å². The molecule has 0 saturated heterocycles. The van der Waals surface area contributed by atoms with Crippen LogP contribution in [0.3, 0.4) is 0 Å². The molecule has 0 bridgehead atoms. The Bertz CT molecular complexity index is 523. The Morgan fingerprint density at radius 1 is 1.45 bits per heavy atom. The van der Waals surface area contributed by atoms with Gasteiger partial charge in [-0.3, -0.25) is 4.79 Å². The van der Waals surface area contributed by atoms with E-state index in [1.165, 1.54) is 0 Å². The molecule has 5 heteroatoms. The van der Waals surface area contributed by atoms with Crippen molar-refractivity contribution in [3.63, 3.8) is 0 Å². The number of rotatable bonds is 6. The molecule has 2 rings (SSSR count). The van der Waals surface area contributed by atoms with Gasteiger partial charge in [0, 0.05) is 22.6 Å². The summed E-state index contributed by atoms with van der Waals surface area (Å²) in [6, 6.07) is 1.71. The van der Waals surface area contributed by atoms with Gasteiger partial charge in [-0.25, -0.2) is 0 Å². The first-order valence-corrected chi connectivity index (χ1v) is 7.00. The van der Waals surface area contributed by atoms with Gasteiger partial charge in [0.1, 0.15) is 0 Å². The van der Waals surface area contributed by atoms with Crippen LogP contribution < -0.4 is 9.47 Å². The number of ether oxygens (including phenoxy) is 2. The van der Waals surface area contributed by atoms with Gasteiger partial charge in [-0.2, -0.15) is 0 Å². The fourth-order valence-electron chi connectivity index (χ4n) is 2.72. The lowest BCUT2D eigenvalue weighted by Gasteiger charge is -2.23. The summed E-state index contributed by atoms with van der Waals surface area (Å²) < 4.78 is 10.8. The molecule has 1 aromatic rings. The van der Waals surface area contributed by atoms with Crippen LogP contribution in [0.2, 0.25) is 5.02 Å². The van der Waals surface area contributed by atoms with Crippen LogP contribution >= 0.6 is 11.6 Å². The molecule has 1 N–H and O–H groups in total. The fourth-order valence-corrected chi connectivity index (χ4v) is 2.92. The minimum atomic E-state index is -0.803. The highest BCUT2D eigenvalue weighted by Gasteiger charge is 2.37. The zero-order valence-corrected chi connectivity index (χ0v) is 12.7. The molecule has 1 saturated carbocycles.